The van der Waals surface area contributed by atoms with Gasteiger partial charge in [0, 0.05) is 42.9 Å². The van der Waals surface area contributed by atoms with Crippen molar-refractivity contribution >= 4 is 39.9 Å². The number of nitrogens with one attached hydrogen (secondary N) is 1. The summed E-state index contributed by atoms with van der Waals surface area (Å²) in [6.07, 6.45) is 2.42. The number of benzene rings is 1. The minimum atomic E-state index is -0.707. The number of carbonyl (C=O) groups is 1. The minimum absolute atomic E-state index is 0.0406. The van der Waals surface area contributed by atoms with Crippen LogP contribution in [0.1, 0.15) is 32.8 Å². The van der Waals surface area contributed by atoms with Crippen LogP contribution in [0, 0.1) is 0 Å². The van der Waals surface area contributed by atoms with Gasteiger partial charge in [-0.3, -0.25) is 14.5 Å². The average Bonchev–Trinajstić information content (AvgIpc) is 3.46. The van der Waals surface area contributed by atoms with Crippen molar-refractivity contribution in [1.82, 2.24) is 19.8 Å². The van der Waals surface area contributed by atoms with Crippen LogP contribution in [-0.4, -0.2) is 39.1 Å². The summed E-state index contributed by atoms with van der Waals surface area (Å²) in [6.45, 7) is 1.02. The normalized spacial score (nSPS) is 12.4. The zero-order valence-corrected chi connectivity index (χ0v) is 19.7. The predicted octanol–water partition coefficient (Wildman–Crippen LogP) is 3.34. The predicted molar refractivity (Wildman–Crippen MR) is 127 cm³/mol. The molecule has 4 aromatic rings. The third kappa shape index (κ3) is 5.33. The first-order chi connectivity index (χ1) is 15.8. The van der Waals surface area contributed by atoms with Crippen molar-refractivity contribution in [1.29, 1.82) is 0 Å². The molecule has 3 aromatic heterocycles. The van der Waals surface area contributed by atoms with Crippen LogP contribution in [0.3, 0.4) is 0 Å². The molecular weight excluding hydrogens is 464 g/mol. The van der Waals surface area contributed by atoms with Crippen LogP contribution in [0.4, 0.5) is 0 Å². The van der Waals surface area contributed by atoms with Gasteiger partial charge >= 0.3 is 0 Å². The molecule has 1 unspecified atom stereocenters. The second kappa shape index (κ2) is 9.88. The summed E-state index contributed by atoms with van der Waals surface area (Å²) in [5, 5.41) is 16.5. The fourth-order valence-corrected chi connectivity index (χ4v) is 4.27. The number of pyridine rings is 1. The van der Waals surface area contributed by atoms with E-state index in [0.29, 0.717) is 40.0 Å². The molecule has 1 aromatic carbocycles. The number of aliphatic hydroxyl groups excluding tert-OH is 1. The summed E-state index contributed by atoms with van der Waals surface area (Å²) < 4.78 is 7.51. The zero-order valence-electron chi connectivity index (χ0n) is 18.1. The van der Waals surface area contributed by atoms with Crippen LogP contribution in [-0.2, 0) is 20.1 Å². The smallest absolute Gasteiger partial charge is 0.257 e. The fourth-order valence-electron chi connectivity index (χ4n) is 3.53. The lowest BCUT2D eigenvalue weighted by Crippen LogP contribution is -2.29. The number of aromatic nitrogens is 2. The van der Waals surface area contributed by atoms with Crippen molar-refractivity contribution < 1.29 is 14.3 Å². The zero-order chi connectivity index (χ0) is 23.5. The lowest BCUT2D eigenvalue weighted by atomic mass is 10.2. The van der Waals surface area contributed by atoms with Crippen molar-refractivity contribution in [3.05, 3.63) is 85.2 Å². The van der Waals surface area contributed by atoms with E-state index in [1.54, 1.807) is 36.0 Å². The molecule has 8 nitrogen and oxygen atoms in total. The maximum Gasteiger partial charge on any atom is 0.257 e. The summed E-state index contributed by atoms with van der Waals surface area (Å²) in [6, 6.07) is 8.77. The molecule has 0 spiro atoms. The van der Waals surface area contributed by atoms with Crippen LogP contribution >= 0.6 is 22.9 Å². The molecule has 0 bridgehead atoms. The summed E-state index contributed by atoms with van der Waals surface area (Å²) in [7, 11) is 3.57. The Hall–Kier alpha value is -2.98. The Balaban J connectivity index is 1.49. The van der Waals surface area contributed by atoms with Gasteiger partial charge in [0.1, 0.15) is 22.4 Å². The van der Waals surface area contributed by atoms with Gasteiger partial charge in [-0.25, -0.2) is 4.98 Å². The molecule has 2 N–H and O–H groups in total. The molecule has 10 heteroatoms. The number of rotatable bonds is 8. The van der Waals surface area contributed by atoms with Crippen LogP contribution in [0.25, 0.3) is 11.1 Å². The topological polar surface area (TPSA) is 101 Å². The van der Waals surface area contributed by atoms with Gasteiger partial charge in [-0.15, -0.1) is 11.3 Å². The third-order valence-corrected chi connectivity index (χ3v) is 6.28. The Labute approximate surface area is 199 Å². The first kappa shape index (κ1) is 23.2. The number of thiazole rings is 1. The largest absolute Gasteiger partial charge is 0.443 e. The van der Waals surface area contributed by atoms with Crippen LogP contribution in [0.5, 0.6) is 0 Å². The van der Waals surface area contributed by atoms with Gasteiger partial charge in [-0.1, -0.05) is 23.7 Å². The molecule has 0 radical (unpaired) electrons. The number of halogens is 1. The number of hydrogen-bond donors (Lipinski definition) is 2. The number of aliphatic hydroxyl groups is 1. The number of fused-ring (bicyclic) bond motifs is 1. The lowest BCUT2D eigenvalue weighted by molar-refractivity contribution is 0.0949. The van der Waals surface area contributed by atoms with Gasteiger partial charge in [-0.05, 0) is 30.8 Å². The summed E-state index contributed by atoms with van der Waals surface area (Å²) in [4.78, 5) is 31.7. The maximum atomic E-state index is 13.0. The quantitative estimate of drug-likeness (QED) is 0.396. The fraction of sp³-hybridized carbons (Fsp3) is 0.261. The molecule has 1 atom stereocenters. The molecule has 3 heterocycles. The molecule has 172 valence electrons. The number of amides is 1. The van der Waals surface area contributed by atoms with Gasteiger partial charge in [0.25, 0.3) is 5.91 Å². The van der Waals surface area contributed by atoms with Gasteiger partial charge in [0.15, 0.2) is 0 Å². The Kier molecular flexibility index (Phi) is 6.94. The van der Waals surface area contributed by atoms with E-state index in [-0.39, 0.29) is 12.1 Å². The van der Waals surface area contributed by atoms with Crippen molar-refractivity contribution in [2.45, 2.75) is 19.2 Å². The first-order valence-corrected chi connectivity index (χ1v) is 11.5. The van der Waals surface area contributed by atoms with E-state index in [1.807, 2.05) is 29.5 Å². The minimum Gasteiger partial charge on any atom is -0.443 e. The number of carbonyl (C=O) groups excluding carboxylic acids is 1. The molecular formula is C23H23ClN4O4S. The monoisotopic (exact) mass is 486 g/mol. The Morgan fingerprint density at radius 1 is 1.36 bits per heavy atom. The van der Waals surface area contributed by atoms with Gasteiger partial charge in [-0.2, -0.15) is 0 Å². The maximum absolute atomic E-state index is 13.0. The molecule has 0 saturated heterocycles. The average molecular weight is 487 g/mol. The molecule has 0 saturated carbocycles. The highest BCUT2D eigenvalue weighted by Gasteiger charge is 2.19. The first-order valence-electron chi connectivity index (χ1n) is 10.2. The summed E-state index contributed by atoms with van der Waals surface area (Å²) in [5.74, 6) is 0.101. The van der Waals surface area contributed by atoms with Crippen molar-refractivity contribution in [3.63, 3.8) is 0 Å². The Morgan fingerprint density at radius 3 is 2.82 bits per heavy atom. The summed E-state index contributed by atoms with van der Waals surface area (Å²) in [5.41, 5.74) is 0.911. The highest BCUT2D eigenvalue weighted by atomic mass is 35.5. The molecule has 0 aliphatic carbocycles. The number of likely N-dealkylation sites (N-methyl/N-ethyl adjacent to an activating group) is 1. The van der Waals surface area contributed by atoms with Crippen molar-refractivity contribution in [3.8, 4) is 0 Å². The van der Waals surface area contributed by atoms with Gasteiger partial charge in [0.05, 0.1) is 11.9 Å². The second-order valence-electron chi connectivity index (χ2n) is 7.81. The molecule has 4 rings (SSSR count). The van der Waals surface area contributed by atoms with E-state index in [4.69, 9.17) is 16.0 Å². The molecule has 33 heavy (non-hydrogen) atoms. The lowest BCUT2D eigenvalue weighted by Gasteiger charge is -2.17. The van der Waals surface area contributed by atoms with Crippen LogP contribution in [0.2, 0.25) is 5.02 Å². The van der Waals surface area contributed by atoms with Crippen molar-refractivity contribution in [2.75, 3.05) is 13.6 Å². The van der Waals surface area contributed by atoms with E-state index in [0.717, 1.165) is 5.56 Å². The molecule has 0 aliphatic rings. The van der Waals surface area contributed by atoms with E-state index < -0.39 is 17.4 Å². The number of aryl methyl sites for hydroxylation is 1. The van der Waals surface area contributed by atoms with Crippen LogP contribution in [0.15, 0.2) is 57.3 Å². The Bertz CT molecular complexity index is 1310. The van der Waals surface area contributed by atoms with Gasteiger partial charge < -0.3 is 19.4 Å². The van der Waals surface area contributed by atoms with E-state index in [2.05, 4.69) is 10.3 Å². The number of hydrogen-bond acceptors (Lipinski definition) is 7. The highest BCUT2D eigenvalue weighted by Crippen LogP contribution is 2.20. The standard InChI is InChI=1S/C23H23ClN4O4S/c1-27(13-19(29)22-25-7-8-33-22)11-16-9-17-20(30)18(12-28(2)23(17)32-16)21(31)26-10-14-3-5-15(24)6-4-14/h3-9,12,19,29H,10-11,13H2,1-2H3,(H,26,31). The second-order valence-corrected chi connectivity index (χ2v) is 9.17. The van der Waals surface area contributed by atoms with Crippen molar-refractivity contribution in [2.24, 2.45) is 7.05 Å². The van der Waals surface area contributed by atoms with E-state index >= 15 is 0 Å². The number of nitrogens with zero attached hydrogens (tertiary/aromatic N) is 3. The molecule has 1 amide bonds. The van der Waals surface area contributed by atoms with E-state index in [9.17, 15) is 14.7 Å². The van der Waals surface area contributed by atoms with E-state index in [1.165, 1.54) is 17.5 Å². The van der Waals surface area contributed by atoms with Gasteiger partial charge in [0.2, 0.25) is 11.1 Å². The number of furan rings is 1. The molecule has 0 aliphatic heterocycles. The third-order valence-electron chi connectivity index (χ3n) is 5.15. The SMILES string of the molecule is CN(Cc1cc2c(=O)c(C(=O)NCc3ccc(Cl)cc3)cn(C)c2o1)CC(O)c1nccs1. The Morgan fingerprint density at radius 2 is 2.12 bits per heavy atom. The van der Waals surface area contributed by atoms with Crippen LogP contribution < -0.4 is 10.7 Å². The highest BCUT2D eigenvalue weighted by molar-refractivity contribution is 7.09. The molecule has 0 fully saturated rings. The summed E-state index contributed by atoms with van der Waals surface area (Å²) >= 11 is 7.28.